The highest BCUT2D eigenvalue weighted by Crippen LogP contribution is 2.35. The number of methoxy groups -OCH3 is 1. The minimum atomic E-state index is -0.565. The highest BCUT2D eigenvalue weighted by atomic mass is 79.9. The van der Waals surface area contributed by atoms with E-state index in [4.69, 9.17) is 14.2 Å². The SMILES string of the molecule is COc1ccc2ccccc2c1OCCNC(=O)OC(C)c1ccc(NC(=O)c2ccccn2)c(Br)c1. The molecule has 190 valence electrons. The lowest BCUT2D eigenvalue weighted by atomic mass is 10.1. The van der Waals surface area contributed by atoms with E-state index in [2.05, 4.69) is 31.5 Å². The molecule has 1 atom stereocenters. The van der Waals surface area contributed by atoms with E-state index in [9.17, 15) is 9.59 Å². The van der Waals surface area contributed by atoms with Crippen molar-refractivity contribution >= 4 is 44.4 Å². The first-order chi connectivity index (χ1) is 18.0. The van der Waals surface area contributed by atoms with E-state index in [1.54, 1.807) is 56.6 Å². The Kier molecular flexibility index (Phi) is 8.58. The highest BCUT2D eigenvalue weighted by Gasteiger charge is 2.15. The Bertz CT molecular complexity index is 1400. The molecule has 3 aromatic carbocycles. The number of amides is 2. The van der Waals surface area contributed by atoms with E-state index in [1.807, 2.05) is 36.4 Å². The van der Waals surface area contributed by atoms with Crippen molar-refractivity contribution in [2.45, 2.75) is 13.0 Å². The molecule has 0 bridgehead atoms. The van der Waals surface area contributed by atoms with Crippen molar-refractivity contribution in [1.82, 2.24) is 10.3 Å². The molecule has 1 heterocycles. The summed E-state index contributed by atoms with van der Waals surface area (Å²) in [6, 6.07) is 22.1. The van der Waals surface area contributed by atoms with Gasteiger partial charge in [0.15, 0.2) is 11.5 Å². The average Bonchev–Trinajstić information content (AvgIpc) is 2.92. The second-order valence-electron chi connectivity index (χ2n) is 8.05. The monoisotopic (exact) mass is 563 g/mol. The number of nitrogens with zero attached hydrogens (tertiary/aromatic N) is 1. The first kappa shape index (κ1) is 26.0. The molecule has 1 unspecified atom stereocenters. The van der Waals surface area contributed by atoms with Crippen LogP contribution in [0.25, 0.3) is 10.8 Å². The molecule has 0 radical (unpaired) electrons. The fourth-order valence-corrected chi connectivity index (χ4v) is 4.17. The molecule has 2 amide bonds. The summed E-state index contributed by atoms with van der Waals surface area (Å²) < 4.78 is 17.5. The maximum atomic E-state index is 12.4. The third kappa shape index (κ3) is 6.56. The summed E-state index contributed by atoms with van der Waals surface area (Å²) in [6.45, 7) is 2.26. The van der Waals surface area contributed by atoms with Crippen molar-refractivity contribution < 1.29 is 23.8 Å². The second-order valence-corrected chi connectivity index (χ2v) is 8.90. The van der Waals surface area contributed by atoms with Crippen molar-refractivity contribution in [2.75, 3.05) is 25.6 Å². The van der Waals surface area contributed by atoms with Crippen LogP contribution in [0.5, 0.6) is 11.5 Å². The van der Waals surface area contributed by atoms with Crippen LogP contribution in [0.2, 0.25) is 0 Å². The van der Waals surface area contributed by atoms with Crippen LogP contribution in [0.1, 0.15) is 29.1 Å². The Labute approximate surface area is 223 Å². The van der Waals surface area contributed by atoms with Crippen LogP contribution in [0.4, 0.5) is 10.5 Å². The number of hydrogen-bond acceptors (Lipinski definition) is 6. The summed E-state index contributed by atoms with van der Waals surface area (Å²) in [5.41, 5.74) is 1.65. The summed E-state index contributed by atoms with van der Waals surface area (Å²) in [6.07, 6.45) is 0.476. The molecule has 4 rings (SSSR count). The number of benzene rings is 3. The molecule has 0 aliphatic carbocycles. The molecule has 0 saturated carbocycles. The molecule has 2 N–H and O–H groups in total. The zero-order chi connectivity index (χ0) is 26.2. The van der Waals surface area contributed by atoms with Crippen molar-refractivity contribution in [1.29, 1.82) is 0 Å². The number of rotatable bonds is 9. The molecule has 0 fully saturated rings. The van der Waals surface area contributed by atoms with Crippen LogP contribution in [-0.2, 0) is 4.74 Å². The lowest BCUT2D eigenvalue weighted by Crippen LogP contribution is -2.29. The van der Waals surface area contributed by atoms with E-state index in [-0.39, 0.29) is 19.1 Å². The molecule has 8 nitrogen and oxygen atoms in total. The molecule has 0 saturated heterocycles. The number of carbonyl (C=O) groups is 2. The van der Waals surface area contributed by atoms with Gasteiger partial charge in [0.05, 0.1) is 19.3 Å². The topological polar surface area (TPSA) is 98.8 Å². The zero-order valence-electron chi connectivity index (χ0n) is 20.4. The number of aromatic nitrogens is 1. The smallest absolute Gasteiger partial charge is 0.407 e. The Hall–Kier alpha value is -4.11. The van der Waals surface area contributed by atoms with Crippen molar-refractivity contribution in [2.24, 2.45) is 0 Å². The number of nitrogens with one attached hydrogen (secondary N) is 2. The van der Waals surface area contributed by atoms with Gasteiger partial charge in [-0.3, -0.25) is 9.78 Å². The number of pyridine rings is 1. The number of fused-ring (bicyclic) bond motifs is 1. The maximum absolute atomic E-state index is 12.4. The fraction of sp³-hybridized carbons (Fsp3) is 0.179. The molecular formula is C28H26BrN3O5. The largest absolute Gasteiger partial charge is 0.493 e. The van der Waals surface area contributed by atoms with Gasteiger partial charge in [-0.25, -0.2) is 4.79 Å². The minimum absolute atomic E-state index is 0.240. The van der Waals surface area contributed by atoms with Gasteiger partial charge in [-0.2, -0.15) is 0 Å². The van der Waals surface area contributed by atoms with E-state index < -0.39 is 12.2 Å². The summed E-state index contributed by atoms with van der Waals surface area (Å²) in [5, 5.41) is 7.48. The van der Waals surface area contributed by atoms with Gasteiger partial charge in [0.25, 0.3) is 5.91 Å². The fourth-order valence-electron chi connectivity index (χ4n) is 3.68. The maximum Gasteiger partial charge on any atom is 0.407 e. The first-order valence-electron chi connectivity index (χ1n) is 11.6. The van der Waals surface area contributed by atoms with Crippen LogP contribution in [0, 0.1) is 0 Å². The predicted molar refractivity (Wildman–Crippen MR) is 145 cm³/mol. The van der Waals surface area contributed by atoms with Crippen molar-refractivity contribution in [3.8, 4) is 11.5 Å². The Balaban J connectivity index is 1.28. The summed E-state index contributed by atoms with van der Waals surface area (Å²) in [5.74, 6) is 0.936. The third-order valence-electron chi connectivity index (χ3n) is 5.57. The van der Waals surface area contributed by atoms with Crippen LogP contribution in [-0.4, -0.2) is 37.2 Å². The third-order valence-corrected chi connectivity index (χ3v) is 6.23. The number of anilines is 1. The molecule has 1 aromatic heterocycles. The standard InChI is InChI=1S/C28H26BrN3O5/c1-18(20-10-12-23(22(29)17-20)32-27(33)24-9-5-6-14-30-24)37-28(34)31-15-16-36-26-21-8-4-3-7-19(21)11-13-25(26)35-2/h3-14,17-18H,15-16H2,1-2H3,(H,31,34)(H,32,33). The molecule has 0 aliphatic heterocycles. The molecular weight excluding hydrogens is 538 g/mol. The molecule has 37 heavy (non-hydrogen) atoms. The first-order valence-corrected chi connectivity index (χ1v) is 12.4. The van der Waals surface area contributed by atoms with Gasteiger partial charge in [-0.05, 0) is 64.1 Å². The molecule has 0 spiro atoms. The van der Waals surface area contributed by atoms with Crippen LogP contribution < -0.4 is 20.1 Å². The van der Waals surface area contributed by atoms with Crippen molar-refractivity contribution in [3.05, 3.63) is 94.7 Å². The van der Waals surface area contributed by atoms with E-state index in [0.29, 0.717) is 27.4 Å². The van der Waals surface area contributed by atoms with Crippen LogP contribution >= 0.6 is 15.9 Å². The quantitative estimate of drug-likeness (QED) is 0.238. The van der Waals surface area contributed by atoms with Gasteiger partial charge in [0.2, 0.25) is 0 Å². The zero-order valence-corrected chi connectivity index (χ0v) is 21.9. The van der Waals surface area contributed by atoms with Gasteiger partial charge < -0.3 is 24.8 Å². The lowest BCUT2D eigenvalue weighted by molar-refractivity contribution is 0.102. The number of halogens is 1. The van der Waals surface area contributed by atoms with Crippen LogP contribution in [0.15, 0.2) is 83.5 Å². The van der Waals surface area contributed by atoms with Crippen molar-refractivity contribution in [3.63, 3.8) is 0 Å². The highest BCUT2D eigenvalue weighted by molar-refractivity contribution is 9.10. The second kappa shape index (κ2) is 12.2. The van der Waals surface area contributed by atoms with E-state index in [1.165, 1.54) is 0 Å². The Morgan fingerprint density at radius 2 is 1.84 bits per heavy atom. The Morgan fingerprint density at radius 3 is 2.59 bits per heavy atom. The summed E-state index contributed by atoms with van der Waals surface area (Å²) in [4.78, 5) is 28.7. The van der Waals surface area contributed by atoms with E-state index >= 15 is 0 Å². The normalized spacial score (nSPS) is 11.4. The van der Waals surface area contributed by atoms with Gasteiger partial charge in [-0.1, -0.05) is 42.5 Å². The Morgan fingerprint density at radius 1 is 1.03 bits per heavy atom. The van der Waals surface area contributed by atoms with Gasteiger partial charge >= 0.3 is 6.09 Å². The number of carbonyl (C=O) groups excluding carboxylic acids is 2. The van der Waals surface area contributed by atoms with Crippen LogP contribution in [0.3, 0.4) is 0 Å². The number of hydrogen-bond donors (Lipinski definition) is 2. The minimum Gasteiger partial charge on any atom is -0.493 e. The molecule has 4 aromatic rings. The molecule has 9 heteroatoms. The number of ether oxygens (including phenoxy) is 3. The van der Waals surface area contributed by atoms with Gasteiger partial charge in [-0.15, -0.1) is 0 Å². The van der Waals surface area contributed by atoms with Gasteiger partial charge in [0.1, 0.15) is 18.4 Å². The average molecular weight is 564 g/mol. The predicted octanol–water partition coefficient (Wildman–Crippen LogP) is 6.12. The lowest BCUT2D eigenvalue weighted by Gasteiger charge is -2.17. The molecule has 0 aliphatic rings. The van der Waals surface area contributed by atoms with Gasteiger partial charge in [0, 0.05) is 16.1 Å². The summed E-state index contributed by atoms with van der Waals surface area (Å²) in [7, 11) is 1.59. The number of alkyl carbamates (subject to hydrolysis) is 1. The summed E-state index contributed by atoms with van der Waals surface area (Å²) >= 11 is 3.47. The van der Waals surface area contributed by atoms with E-state index in [0.717, 1.165) is 16.3 Å².